The fraction of sp³-hybridized carbons (Fsp3) is 0.150. The number of carbonyl (C=O) groups is 2. The molecule has 7 heteroatoms. The molecule has 0 fully saturated rings. The summed E-state index contributed by atoms with van der Waals surface area (Å²) in [7, 11) is 3.05. The standard InChI is InChI=1S/C20H18N2O5/c1-25-17-8-6-15(18(11-17)26-2)7-9-20(24)27-13-19(23)22-16-5-3-4-14(10-16)12-21/h3-11H,13H2,1-2H3,(H,22,23)/b9-7+. The van der Waals surface area contributed by atoms with Crippen LogP contribution in [-0.4, -0.2) is 32.7 Å². The van der Waals surface area contributed by atoms with Crippen molar-refractivity contribution >= 4 is 23.6 Å². The Hall–Kier alpha value is -3.79. The number of hydrogen-bond acceptors (Lipinski definition) is 6. The van der Waals surface area contributed by atoms with Crippen LogP contribution in [0.1, 0.15) is 11.1 Å². The summed E-state index contributed by atoms with van der Waals surface area (Å²) < 4.78 is 15.2. The molecule has 0 atom stereocenters. The van der Waals surface area contributed by atoms with Crippen molar-refractivity contribution < 1.29 is 23.8 Å². The summed E-state index contributed by atoms with van der Waals surface area (Å²) in [4.78, 5) is 23.6. The third kappa shape index (κ3) is 5.90. The highest BCUT2D eigenvalue weighted by Crippen LogP contribution is 2.25. The first-order valence-electron chi connectivity index (χ1n) is 7.92. The van der Waals surface area contributed by atoms with Gasteiger partial charge >= 0.3 is 5.97 Å². The maximum Gasteiger partial charge on any atom is 0.331 e. The molecule has 138 valence electrons. The molecule has 0 unspecified atom stereocenters. The average molecular weight is 366 g/mol. The zero-order valence-electron chi connectivity index (χ0n) is 14.9. The van der Waals surface area contributed by atoms with E-state index in [1.54, 1.807) is 43.5 Å². The second-order valence-corrected chi connectivity index (χ2v) is 5.29. The van der Waals surface area contributed by atoms with Crippen LogP contribution >= 0.6 is 0 Å². The van der Waals surface area contributed by atoms with E-state index in [-0.39, 0.29) is 0 Å². The van der Waals surface area contributed by atoms with Crippen LogP contribution in [0.15, 0.2) is 48.5 Å². The van der Waals surface area contributed by atoms with Crippen LogP contribution in [0.2, 0.25) is 0 Å². The highest BCUT2D eigenvalue weighted by molar-refractivity contribution is 5.94. The molecule has 2 aromatic rings. The van der Waals surface area contributed by atoms with E-state index < -0.39 is 18.5 Å². The number of nitrogens with one attached hydrogen (secondary N) is 1. The third-order valence-electron chi connectivity index (χ3n) is 3.46. The quantitative estimate of drug-likeness (QED) is 0.598. The number of amides is 1. The number of carbonyl (C=O) groups excluding carboxylic acids is 2. The molecule has 0 aromatic heterocycles. The molecule has 7 nitrogen and oxygen atoms in total. The second kappa shape index (κ2) is 9.63. The molecule has 1 amide bonds. The first-order valence-corrected chi connectivity index (χ1v) is 7.92. The minimum Gasteiger partial charge on any atom is -0.497 e. The fourth-order valence-corrected chi connectivity index (χ4v) is 2.16. The number of benzene rings is 2. The molecule has 0 aliphatic carbocycles. The number of esters is 1. The SMILES string of the molecule is COc1ccc(/C=C/C(=O)OCC(=O)Nc2cccc(C#N)c2)c(OC)c1. The second-order valence-electron chi connectivity index (χ2n) is 5.29. The van der Waals surface area contributed by atoms with Gasteiger partial charge in [0.15, 0.2) is 6.61 Å². The van der Waals surface area contributed by atoms with Gasteiger partial charge in [-0.25, -0.2) is 4.79 Å². The van der Waals surface area contributed by atoms with Crippen LogP contribution < -0.4 is 14.8 Å². The molecule has 0 radical (unpaired) electrons. The normalized spacial score (nSPS) is 10.1. The lowest BCUT2D eigenvalue weighted by Crippen LogP contribution is -2.20. The monoisotopic (exact) mass is 366 g/mol. The Morgan fingerprint density at radius 3 is 2.67 bits per heavy atom. The van der Waals surface area contributed by atoms with Crippen LogP contribution in [0.4, 0.5) is 5.69 Å². The van der Waals surface area contributed by atoms with Gasteiger partial charge in [-0.05, 0) is 36.4 Å². The van der Waals surface area contributed by atoms with Crippen molar-refractivity contribution in [3.63, 3.8) is 0 Å². The molecule has 0 heterocycles. The zero-order valence-corrected chi connectivity index (χ0v) is 14.9. The number of ether oxygens (including phenoxy) is 3. The summed E-state index contributed by atoms with van der Waals surface area (Å²) in [6, 6.07) is 13.6. The molecule has 0 spiro atoms. The number of hydrogen-bond donors (Lipinski definition) is 1. The first-order chi connectivity index (χ1) is 13.0. The maximum absolute atomic E-state index is 11.8. The molecular formula is C20H18N2O5. The first kappa shape index (κ1) is 19.5. The Bertz CT molecular complexity index is 899. The van der Waals surface area contributed by atoms with E-state index in [4.69, 9.17) is 19.5 Å². The summed E-state index contributed by atoms with van der Waals surface area (Å²) in [5.41, 5.74) is 1.53. The van der Waals surface area contributed by atoms with Crippen LogP contribution in [0.3, 0.4) is 0 Å². The van der Waals surface area contributed by atoms with E-state index in [2.05, 4.69) is 5.32 Å². The average Bonchev–Trinajstić information content (AvgIpc) is 2.70. The Kier molecular flexibility index (Phi) is 6.97. The molecule has 0 saturated carbocycles. The molecule has 2 aromatic carbocycles. The number of methoxy groups -OCH3 is 2. The molecule has 2 rings (SSSR count). The lowest BCUT2D eigenvalue weighted by Gasteiger charge is -2.07. The summed E-state index contributed by atoms with van der Waals surface area (Å²) in [5, 5.41) is 11.4. The topological polar surface area (TPSA) is 97.6 Å². The van der Waals surface area contributed by atoms with Crippen molar-refractivity contribution in [3.05, 3.63) is 59.7 Å². The molecule has 27 heavy (non-hydrogen) atoms. The predicted molar refractivity (Wildman–Crippen MR) is 99.3 cm³/mol. The van der Waals surface area contributed by atoms with Crippen LogP contribution in [0.25, 0.3) is 6.08 Å². The number of nitriles is 1. The fourth-order valence-electron chi connectivity index (χ4n) is 2.16. The lowest BCUT2D eigenvalue weighted by molar-refractivity contribution is -0.142. The molecule has 0 saturated heterocycles. The Balaban J connectivity index is 1.89. The van der Waals surface area contributed by atoms with Gasteiger partial charge in [-0.15, -0.1) is 0 Å². The third-order valence-corrected chi connectivity index (χ3v) is 3.46. The minimum absolute atomic E-state index is 0.418. The van der Waals surface area contributed by atoms with Crippen molar-refractivity contribution in [1.29, 1.82) is 5.26 Å². The highest BCUT2D eigenvalue weighted by Gasteiger charge is 2.07. The van der Waals surface area contributed by atoms with Gasteiger partial charge in [0.1, 0.15) is 11.5 Å². The zero-order chi connectivity index (χ0) is 19.6. The van der Waals surface area contributed by atoms with Gasteiger partial charge in [0.25, 0.3) is 5.91 Å². The van der Waals surface area contributed by atoms with Crippen molar-refractivity contribution in [1.82, 2.24) is 0 Å². The van der Waals surface area contributed by atoms with Crippen LogP contribution in [0, 0.1) is 11.3 Å². The largest absolute Gasteiger partial charge is 0.497 e. The van der Waals surface area contributed by atoms with E-state index in [0.717, 1.165) is 0 Å². The van der Waals surface area contributed by atoms with Gasteiger partial charge in [0.2, 0.25) is 0 Å². The van der Waals surface area contributed by atoms with Gasteiger partial charge in [-0.3, -0.25) is 4.79 Å². The maximum atomic E-state index is 11.8. The summed E-state index contributed by atoms with van der Waals surface area (Å²) >= 11 is 0. The minimum atomic E-state index is -0.672. The highest BCUT2D eigenvalue weighted by atomic mass is 16.5. The van der Waals surface area contributed by atoms with E-state index >= 15 is 0 Å². The molecule has 0 aliphatic heterocycles. The number of nitrogens with zero attached hydrogens (tertiary/aromatic N) is 1. The van der Waals surface area contributed by atoms with E-state index in [1.807, 2.05) is 6.07 Å². The number of anilines is 1. The molecular weight excluding hydrogens is 348 g/mol. The Morgan fingerprint density at radius 1 is 1.15 bits per heavy atom. The van der Waals surface area contributed by atoms with Gasteiger partial charge in [0.05, 0.1) is 25.9 Å². The van der Waals surface area contributed by atoms with Crippen LogP contribution in [-0.2, 0) is 14.3 Å². The van der Waals surface area contributed by atoms with E-state index in [0.29, 0.717) is 28.3 Å². The Morgan fingerprint density at radius 2 is 1.96 bits per heavy atom. The van der Waals surface area contributed by atoms with E-state index in [1.165, 1.54) is 25.3 Å². The van der Waals surface area contributed by atoms with Crippen molar-refractivity contribution in [2.45, 2.75) is 0 Å². The van der Waals surface area contributed by atoms with E-state index in [9.17, 15) is 9.59 Å². The Labute approximate surface area is 156 Å². The summed E-state index contributed by atoms with van der Waals surface area (Å²) in [6.07, 6.45) is 2.73. The predicted octanol–water partition coefficient (Wildman–Crippen LogP) is 2.77. The molecule has 0 aliphatic rings. The number of rotatable bonds is 7. The van der Waals surface area contributed by atoms with Crippen molar-refractivity contribution in [2.24, 2.45) is 0 Å². The van der Waals surface area contributed by atoms with Crippen LogP contribution in [0.5, 0.6) is 11.5 Å². The summed E-state index contributed by atoms with van der Waals surface area (Å²) in [6.45, 7) is -0.445. The van der Waals surface area contributed by atoms with Crippen molar-refractivity contribution in [3.8, 4) is 17.6 Å². The van der Waals surface area contributed by atoms with Crippen molar-refractivity contribution in [2.75, 3.05) is 26.1 Å². The van der Waals surface area contributed by atoms with Gasteiger partial charge in [-0.1, -0.05) is 6.07 Å². The van der Waals surface area contributed by atoms with Gasteiger partial charge < -0.3 is 19.5 Å². The summed E-state index contributed by atoms with van der Waals surface area (Å²) in [5.74, 6) is -0.0140. The smallest absolute Gasteiger partial charge is 0.331 e. The molecule has 0 bridgehead atoms. The van der Waals surface area contributed by atoms with Gasteiger partial charge in [0, 0.05) is 23.4 Å². The van der Waals surface area contributed by atoms with Gasteiger partial charge in [-0.2, -0.15) is 5.26 Å². The molecule has 1 N–H and O–H groups in total. The lowest BCUT2D eigenvalue weighted by atomic mass is 10.2.